The zero-order valence-electron chi connectivity index (χ0n) is 7.12. The Kier molecular flexibility index (Phi) is 6.91. The number of hydrogen-bond acceptors (Lipinski definition) is 4. The molecule has 4 nitrogen and oxygen atoms in total. The van der Waals surface area contributed by atoms with Gasteiger partial charge in [0, 0.05) is 0 Å². The van der Waals surface area contributed by atoms with E-state index in [-0.39, 0.29) is 0 Å². The lowest BCUT2D eigenvalue weighted by atomic mass is 10.1. The first-order chi connectivity index (χ1) is 5.81. The maximum absolute atomic E-state index is 9.66. The fraction of sp³-hybridized carbons (Fsp3) is 0.750. The van der Waals surface area contributed by atoms with Crippen molar-refractivity contribution in [1.82, 2.24) is 0 Å². The Labute approximate surface area is 71.9 Å². The number of rotatable bonds is 6. The van der Waals surface area contributed by atoms with E-state index in [1.807, 2.05) is 6.92 Å². The number of hydrogen-bond donors (Lipinski definition) is 0. The van der Waals surface area contributed by atoms with E-state index in [1.54, 1.807) is 6.26 Å². The Hall–Kier alpha value is -1.33. The smallest absolute Gasteiger partial charge is 0.286 e. The lowest BCUT2D eigenvalue weighted by molar-refractivity contribution is 0.213. The topological polar surface area (TPSA) is 62.4 Å². The largest absolute Gasteiger partial charge is 0.427 e. The van der Waals surface area contributed by atoms with Crippen molar-refractivity contribution in [2.45, 2.75) is 19.8 Å². The number of nitrogens with zero attached hydrogens (tertiary/aromatic N) is 2. The van der Waals surface area contributed by atoms with Crippen LogP contribution in [0.15, 0.2) is 4.99 Å². The molecule has 1 unspecified atom stereocenters. The minimum Gasteiger partial charge on any atom is -0.427 e. The summed E-state index contributed by atoms with van der Waals surface area (Å²) in [4.78, 5) is 13.1. The summed E-state index contributed by atoms with van der Waals surface area (Å²) in [5.74, 6) is 0.339. The van der Waals surface area contributed by atoms with E-state index in [2.05, 4.69) is 9.73 Å². The molecule has 12 heavy (non-hydrogen) atoms. The molecule has 0 aliphatic heterocycles. The van der Waals surface area contributed by atoms with Crippen molar-refractivity contribution in [3.8, 4) is 6.26 Å². The zero-order valence-corrected chi connectivity index (χ0v) is 7.12. The second-order valence-electron chi connectivity index (χ2n) is 2.62. The number of nitriles is 1. The van der Waals surface area contributed by atoms with Gasteiger partial charge in [0.25, 0.3) is 6.26 Å². The first kappa shape index (κ1) is 10.7. The Morgan fingerprint density at radius 1 is 1.67 bits per heavy atom. The molecule has 0 saturated heterocycles. The third kappa shape index (κ3) is 6.79. The SMILES string of the molecule is CC(CCCN=C=O)COC#N. The highest BCUT2D eigenvalue weighted by Crippen LogP contribution is 2.05. The summed E-state index contributed by atoms with van der Waals surface area (Å²) >= 11 is 0. The Morgan fingerprint density at radius 3 is 3.00 bits per heavy atom. The van der Waals surface area contributed by atoms with Crippen molar-refractivity contribution in [3.63, 3.8) is 0 Å². The maximum Gasteiger partial charge on any atom is 0.286 e. The van der Waals surface area contributed by atoms with Crippen LogP contribution in [0.1, 0.15) is 19.8 Å². The van der Waals surface area contributed by atoms with Gasteiger partial charge < -0.3 is 4.74 Å². The van der Waals surface area contributed by atoms with Crippen molar-refractivity contribution in [3.05, 3.63) is 0 Å². The lowest BCUT2D eigenvalue weighted by Gasteiger charge is -2.06. The highest BCUT2D eigenvalue weighted by Gasteiger charge is 2.01. The van der Waals surface area contributed by atoms with Gasteiger partial charge in [-0.2, -0.15) is 5.26 Å². The van der Waals surface area contributed by atoms with Gasteiger partial charge in [-0.15, -0.1) is 0 Å². The molecule has 0 amide bonds. The summed E-state index contributed by atoms with van der Waals surface area (Å²) in [5, 5.41) is 8.08. The van der Waals surface area contributed by atoms with Crippen LogP contribution >= 0.6 is 0 Å². The van der Waals surface area contributed by atoms with E-state index in [9.17, 15) is 4.79 Å². The molecule has 0 aromatic heterocycles. The molecule has 4 heteroatoms. The van der Waals surface area contributed by atoms with Crippen molar-refractivity contribution in [2.75, 3.05) is 13.2 Å². The first-order valence-corrected chi connectivity index (χ1v) is 3.85. The highest BCUT2D eigenvalue weighted by atomic mass is 16.5. The predicted octanol–water partition coefficient (Wildman–Crippen LogP) is 1.24. The minimum absolute atomic E-state index is 0.339. The van der Waals surface area contributed by atoms with E-state index in [4.69, 9.17) is 5.26 Å². The summed E-state index contributed by atoms with van der Waals surface area (Å²) in [6.45, 7) is 2.95. The van der Waals surface area contributed by atoms with Gasteiger partial charge in [-0.05, 0) is 18.8 Å². The molecule has 0 N–H and O–H groups in total. The van der Waals surface area contributed by atoms with Crippen molar-refractivity contribution < 1.29 is 9.53 Å². The van der Waals surface area contributed by atoms with Crippen molar-refractivity contribution >= 4 is 6.08 Å². The molecule has 0 aliphatic carbocycles. The molecule has 1 atom stereocenters. The monoisotopic (exact) mass is 168 g/mol. The fourth-order valence-corrected chi connectivity index (χ4v) is 0.827. The molecule has 0 radical (unpaired) electrons. The van der Waals surface area contributed by atoms with Gasteiger partial charge in [0.05, 0.1) is 6.54 Å². The summed E-state index contributed by atoms with van der Waals surface area (Å²) in [6, 6.07) is 0. The van der Waals surface area contributed by atoms with Gasteiger partial charge in [0.2, 0.25) is 6.08 Å². The van der Waals surface area contributed by atoms with Gasteiger partial charge in [-0.1, -0.05) is 6.92 Å². The van der Waals surface area contributed by atoms with Gasteiger partial charge >= 0.3 is 0 Å². The third-order valence-corrected chi connectivity index (χ3v) is 1.46. The quantitative estimate of drug-likeness (QED) is 0.259. The molecule has 0 aromatic carbocycles. The van der Waals surface area contributed by atoms with E-state index >= 15 is 0 Å². The van der Waals surface area contributed by atoms with Crippen molar-refractivity contribution in [2.24, 2.45) is 10.9 Å². The van der Waals surface area contributed by atoms with Crippen LogP contribution in [-0.4, -0.2) is 19.2 Å². The van der Waals surface area contributed by atoms with Gasteiger partial charge in [-0.3, -0.25) is 0 Å². The van der Waals surface area contributed by atoms with Crippen LogP contribution < -0.4 is 0 Å². The van der Waals surface area contributed by atoms with E-state index in [1.165, 1.54) is 6.08 Å². The molecule has 0 fully saturated rings. The normalized spacial score (nSPS) is 11.0. The number of ether oxygens (including phenoxy) is 1. The number of carbonyl (C=O) groups excluding carboxylic acids is 1. The third-order valence-electron chi connectivity index (χ3n) is 1.46. The van der Waals surface area contributed by atoms with Crippen LogP contribution in [0.5, 0.6) is 0 Å². The van der Waals surface area contributed by atoms with E-state index in [0.29, 0.717) is 19.1 Å². The standard InChI is InChI=1S/C8H12N2O2/c1-8(5-12-6-9)3-2-4-10-7-11/h8H,2-5H2,1H3. The second kappa shape index (κ2) is 7.77. The molecule has 0 aromatic rings. The van der Waals surface area contributed by atoms with Crippen LogP contribution in [0, 0.1) is 17.4 Å². The molecule has 66 valence electrons. The molecule has 0 spiro atoms. The highest BCUT2D eigenvalue weighted by molar-refractivity contribution is 5.32. The van der Waals surface area contributed by atoms with Crippen LogP contribution in [0.25, 0.3) is 0 Å². The molecule has 0 aliphatic rings. The van der Waals surface area contributed by atoms with E-state index in [0.717, 1.165) is 12.8 Å². The van der Waals surface area contributed by atoms with Crippen molar-refractivity contribution in [1.29, 1.82) is 5.26 Å². The van der Waals surface area contributed by atoms with Crippen LogP contribution in [0.2, 0.25) is 0 Å². The molecule has 0 saturated carbocycles. The fourth-order valence-electron chi connectivity index (χ4n) is 0.827. The predicted molar refractivity (Wildman–Crippen MR) is 43.0 cm³/mol. The lowest BCUT2D eigenvalue weighted by Crippen LogP contribution is -2.03. The van der Waals surface area contributed by atoms with Crippen LogP contribution in [-0.2, 0) is 9.53 Å². The average Bonchev–Trinajstić information content (AvgIpc) is 2.09. The van der Waals surface area contributed by atoms with Gasteiger partial charge in [0.1, 0.15) is 6.61 Å². The molecule has 0 rings (SSSR count). The average molecular weight is 168 g/mol. The minimum atomic E-state index is 0.339. The Morgan fingerprint density at radius 2 is 2.42 bits per heavy atom. The van der Waals surface area contributed by atoms with Gasteiger partial charge in [-0.25, -0.2) is 9.79 Å². The second-order valence-corrected chi connectivity index (χ2v) is 2.62. The molecule has 0 bridgehead atoms. The maximum atomic E-state index is 9.66. The molecule has 0 heterocycles. The van der Waals surface area contributed by atoms with Crippen LogP contribution in [0.4, 0.5) is 0 Å². The zero-order chi connectivity index (χ0) is 9.23. The first-order valence-electron chi connectivity index (χ1n) is 3.85. The molecular weight excluding hydrogens is 156 g/mol. The van der Waals surface area contributed by atoms with Crippen LogP contribution in [0.3, 0.4) is 0 Å². The summed E-state index contributed by atoms with van der Waals surface area (Å²) < 4.78 is 4.55. The summed E-state index contributed by atoms with van der Waals surface area (Å²) in [6.07, 6.45) is 4.84. The summed E-state index contributed by atoms with van der Waals surface area (Å²) in [5.41, 5.74) is 0. The van der Waals surface area contributed by atoms with Gasteiger partial charge in [0.15, 0.2) is 0 Å². The molecular formula is C8H12N2O2. The number of isocyanates is 1. The Bertz CT molecular complexity index is 192. The summed E-state index contributed by atoms with van der Waals surface area (Å²) in [7, 11) is 0. The number of aliphatic imine (C=N–C) groups is 1. The Balaban J connectivity index is 3.25. The van der Waals surface area contributed by atoms with E-state index < -0.39 is 0 Å².